The lowest BCUT2D eigenvalue weighted by Gasteiger charge is -2.09. The zero-order valence-corrected chi connectivity index (χ0v) is 12.6. The van der Waals surface area contributed by atoms with E-state index in [9.17, 15) is 13.2 Å². The lowest BCUT2D eigenvalue weighted by molar-refractivity contribution is 0.0955. The Labute approximate surface area is 129 Å². The standard InChI is InChI=1S/C15H17N3O3S/c16-9-10-18-15(19)12-7-5-11(6-8-12)13-3-1-2-4-14(13)22(17,20)21/h1-8H,9-10,16H2,(H,18,19)(H2,17,20,21). The minimum atomic E-state index is -3.81. The molecule has 0 unspecified atom stereocenters. The zero-order chi connectivity index (χ0) is 16.2. The Morgan fingerprint density at radius 1 is 1.05 bits per heavy atom. The van der Waals surface area contributed by atoms with Crippen molar-refractivity contribution in [2.45, 2.75) is 4.90 Å². The van der Waals surface area contributed by atoms with Crippen LogP contribution in [-0.4, -0.2) is 27.4 Å². The predicted molar refractivity (Wildman–Crippen MR) is 84.6 cm³/mol. The maximum Gasteiger partial charge on any atom is 0.251 e. The summed E-state index contributed by atoms with van der Waals surface area (Å²) in [6.45, 7) is 0.764. The molecule has 22 heavy (non-hydrogen) atoms. The van der Waals surface area contributed by atoms with Gasteiger partial charge in [0.25, 0.3) is 5.91 Å². The van der Waals surface area contributed by atoms with Crippen molar-refractivity contribution in [3.63, 3.8) is 0 Å². The first-order valence-electron chi connectivity index (χ1n) is 6.64. The molecule has 0 saturated carbocycles. The van der Waals surface area contributed by atoms with Gasteiger partial charge in [0, 0.05) is 24.2 Å². The average Bonchev–Trinajstić information content (AvgIpc) is 2.52. The van der Waals surface area contributed by atoms with Crippen molar-refractivity contribution in [2.75, 3.05) is 13.1 Å². The van der Waals surface area contributed by atoms with E-state index >= 15 is 0 Å². The second kappa shape index (κ2) is 6.69. The molecule has 116 valence electrons. The van der Waals surface area contributed by atoms with E-state index in [-0.39, 0.29) is 10.8 Å². The van der Waals surface area contributed by atoms with E-state index in [1.807, 2.05) is 0 Å². The summed E-state index contributed by atoms with van der Waals surface area (Å²) in [5, 5.41) is 7.89. The van der Waals surface area contributed by atoms with E-state index < -0.39 is 10.0 Å². The Morgan fingerprint density at radius 2 is 1.68 bits per heavy atom. The minimum Gasteiger partial charge on any atom is -0.351 e. The molecule has 0 aromatic heterocycles. The second-order valence-corrected chi connectivity index (χ2v) is 6.19. The van der Waals surface area contributed by atoms with Crippen LogP contribution in [0.5, 0.6) is 0 Å². The van der Waals surface area contributed by atoms with Crippen LogP contribution in [0.3, 0.4) is 0 Å². The van der Waals surface area contributed by atoms with Crippen molar-refractivity contribution >= 4 is 15.9 Å². The molecule has 0 aliphatic rings. The number of carbonyl (C=O) groups excluding carboxylic acids is 1. The van der Waals surface area contributed by atoms with Crippen LogP contribution in [0.25, 0.3) is 11.1 Å². The van der Waals surface area contributed by atoms with Gasteiger partial charge in [-0.15, -0.1) is 0 Å². The summed E-state index contributed by atoms with van der Waals surface area (Å²) in [4.78, 5) is 11.8. The fourth-order valence-electron chi connectivity index (χ4n) is 2.04. The molecule has 2 aromatic rings. The molecule has 1 amide bonds. The predicted octanol–water partition coefficient (Wildman–Crippen LogP) is 0.690. The molecule has 2 rings (SSSR count). The normalized spacial score (nSPS) is 11.2. The smallest absolute Gasteiger partial charge is 0.251 e. The molecule has 5 N–H and O–H groups in total. The molecule has 0 aliphatic heterocycles. The van der Waals surface area contributed by atoms with Crippen LogP contribution in [0.1, 0.15) is 10.4 Å². The highest BCUT2D eigenvalue weighted by molar-refractivity contribution is 7.89. The number of sulfonamides is 1. The van der Waals surface area contributed by atoms with Gasteiger partial charge in [-0.3, -0.25) is 4.79 Å². The Kier molecular flexibility index (Phi) is 4.92. The zero-order valence-electron chi connectivity index (χ0n) is 11.8. The number of hydrogen-bond donors (Lipinski definition) is 3. The van der Waals surface area contributed by atoms with Gasteiger partial charge in [0.15, 0.2) is 0 Å². The summed E-state index contributed by atoms with van der Waals surface area (Å²) < 4.78 is 23.2. The first-order valence-corrected chi connectivity index (χ1v) is 8.18. The van der Waals surface area contributed by atoms with Crippen LogP contribution in [0.4, 0.5) is 0 Å². The molecule has 0 fully saturated rings. The largest absolute Gasteiger partial charge is 0.351 e. The lowest BCUT2D eigenvalue weighted by atomic mass is 10.0. The fraction of sp³-hybridized carbons (Fsp3) is 0.133. The number of primary sulfonamides is 1. The van der Waals surface area contributed by atoms with Crippen LogP contribution in [0.15, 0.2) is 53.4 Å². The number of rotatable bonds is 5. The number of benzene rings is 2. The van der Waals surface area contributed by atoms with Gasteiger partial charge in [-0.05, 0) is 23.8 Å². The Hall–Kier alpha value is -2.22. The van der Waals surface area contributed by atoms with E-state index in [0.29, 0.717) is 29.8 Å². The van der Waals surface area contributed by atoms with Crippen LogP contribution >= 0.6 is 0 Å². The summed E-state index contributed by atoms with van der Waals surface area (Å²) in [6, 6.07) is 13.1. The summed E-state index contributed by atoms with van der Waals surface area (Å²) in [7, 11) is -3.81. The van der Waals surface area contributed by atoms with Gasteiger partial charge in [-0.2, -0.15) is 0 Å². The van der Waals surface area contributed by atoms with Crippen molar-refractivity contribution in [1.82, 2.24) is 5.32 Å². The topological polar surface area (TPSA) is 115 Å². The molecular formula is C15H17N3O3S. The molecule has 6 nitrogen and oxygen atoms in total. The third-order valence-electron chi connectivity index (χ3n) is 3.08. The highest BCUT2D eigenvalue weighted by Crippen LogP contribution is 2.26. The highest BCUT2D eigenvalue weighted by Gasteiger charge is 2.14. The summed E-state index contributed by atoms with van der Waals surface area (Å²) >= 11 is 0. The van der Waals surface area contributed by atoms with Crippen LogP contribution in [0, 0.1) is 0 Å². The van der Waals surface area contributed by atoms with Crippen molar-refractivity contribution < 1.29 is 13.2 Å². The molecule has 0 saturated heterocycles. The van der Waals surface area contributed by atoms with E-state index in [4.69, 9.17) is 10.9 Å². The number of amides is 1. The van der Waals surface area contributed by atoms with Crippen LogP contribution in [-0.2, 0) is 10.0 Å². The molecule has 0 bridgehead atoms. The van der Waals surface area contributed by atoms with Gasteiger partial charge < -0.3 is 11.1 Å². The molecule has 7 heteroatoms. The number of nitrogens with two attached hydrogens (primary N) is 2. The van der Waals surface area contributed by atoms with Crippen molar-refractivity contribution in [3.05, 3.63) is 54.1 Å². The van der Waals surface area contributed by atoms with Gasteiger partial charge >= 0.3 is 0 Å². The maximum absolute atomic E-state index is 11.8. The lowest BCUT2D eigenvalue weighted by Crippen LogP contribution is -2.28. The summed E-state index contributed by atoms with van der Waals surface area (Å²) in [5.41, 5.74) is 6.97. The van der Waals surface area contributed by atoms with E-state index in [2.05, 4.69) is 5.32 Å². The molecule has 0 radical (unpaired) electrons. The molecular weight excluding hydrogens is 302 g/mol. The monoisotopic (exact) mass is 319 g/mol. The fourth-order valence-corrected chi connectivity index (χ4v) is 2.80. The molecule has 0 atom stereocenters. The first-order chi connectivity index (χ1) is 10.4. The first kappa shape index (κ1) is 16.2. The van der Waals surface area contributed by atoms with Crippen molar-refractivity contribution in [3.8, 4) is 11.1 Å². The number of carbonyl (C=O) groups is 1. The van der Waals surface area contributed by atoms with E-state index in [1.54, 1.807) is 42.5 Å². The third-order valence-corrected chi connectivity index (χ3v) is 4.05. The van der Waals surface area contributed by atoms with Crippen molar-refractivity contribution in [1.29, 1.82) is 0 Å². The second-order valence-electron chi connectivity index (χ2n) is 4.66. The third kappa shape index (κ3) is 3.70. The van der Waals surface area contributed by atoms with Crippen LogP contribution in [0.2, 0.25) is 0 Å². The highest BCUT2D eigenvalue weighted by atomic mass is 32.2. The minimum absolute atomic E-state index is 0.0512. The van der Waals surface area contributed by atoms with Crippen molar-refractivity contribution in [2.24, 2.45) is 10.9 Å². The van der Waals surface area contributed by atoms with Crippen LogP contribution < -0.4 is 16.2 Å². The van der Waals surface area contributed by atoms with E-state index in [1.165, 1.54) is 6.07 Å². The number of nitrogens with one attached hydrogen (secondary N) is 1. The van der Waals surface area contributed by atoms with Gasteiger partial charge in [0.2, 0.25) is 10.0 Å². The van der Waals surface area contributed by atoms with E-state index in [0.717, 1.165) is 0 Å². The quantitative estimate of drug-likeness (QED) is 0.752. The Morgan fingerprint density at radius 3 is 2.27 bits per heavy atom. The van der Waals surface area contributed by atoms with Gasteiger partial charge in [-0.1, -0.05) is 30.3 Å². The number of hydrogen-bond acceptors (Lipinski definition) is 4. The van der Waals surface area contributed by atoms with Gasteiger partial charge in [-0.25, -0.2) is 13.6 Å². The average molecular weight is 319 g/mol. The summed E-state index contributed by atoms with van der Waals surface area (Å²) in [6.07, 6.45) is 0. The SMILES string of the molecule is NCCNC(=O)c1ccc(-c2ccccc2S(N)(=O)=O)cc1. The Balaban J connectivity index is 2.34. The Bertz CT molecular complexity index is 771. The maximum atomic E-state index is 11.8. The molecule has 2 aromatic carbocycles. The molecule has 0 spiro atoms. The molecule has 0 heterocycles. The van der Waals surface area contributed by atoms with Gasteiger partial charge in [0.05, 0.1) is 4.90 Å². The van der Waals surface area contributed by atoms with Gasteiger partial charge in [0.1, 0.15) is 0 Å². The molecule has 0 aliphatic carbocycles. The summed E-state index contributed by atoms with van der Waals surface area (Å²) in [5.74, 6) is -0.225.